The fourth-order valence-corrected chi connectivity index (χ4v) is 8.02. The molecule has 4 aliphatic heterocycles. The van der Waals surface area contributed by atoms with Gasteiger partial charge in [0.25, 0.3) is 10.2 Å². The van der Waals surface area contributed by atoms with Gasteiger partial charge < -0.3 is 4.74 Å². The van der Waals surface area contributed by atoms with E-state index in [4.69, 9.17) is 4.74 Å². The van der Waals surface area contributed by atoms with Gasteiger partial charge in [-0.05, 0) is 67.7 Å². The van der Waals surface area contributed by atoms with Crippen LogP contribution in [0.4, 0.5) is 0 Å². The molecule has 1 aromatic rings. The van der Waals surface area contributed by atoms with Gasteiger partial charge in [-0.2, -0.15) is 17.0 Å². The van der Waals surface area contributed by atoms with Gasteiger partial charge in [0.15, 0.2) is 0 Å². The van der Waals surface area contributed by atoms with Crippen LogP contribution < -0.4 is 4.74 Å². The van der Waals surface area contributed by atoms with Gasteiger partial charge in [-0.3, -0.25) is 4.90 Å². The average molecular weight is 456 g/mol. The normalized spacial score (nSPS) is 30.5. The fourth-order valence-electron chi connectivity index (χ4n) is 6.05. The first kappa shape index (κ1) is 22.3. The number of piperidine rings is 3. The molecule has 4 heterocycles. The van der Waals surface area contributed by atoms with Crippen LogP contribution in [-0.4, -0.2) is 67.8 Å². The monoisotopic (exact) mass is 455 g/mol. The molecule has 168 valence electrons. The highest BCUT2D eigenvalue weighted by molar-refractivity contribution is 7.86. The molecular formula is C22H34ClN3O3S. The number of ether oxygens (including phenoxy) is 1. The summed E-state index contributed by atoms with van der Waals surface area (Å²) < 4.78 is 36.1. The lowest BCUT2D eigenvalue weighted by molar-refractivity contribution is 0.0194. The molecule has 0 saturated carbocycles. The Morgan fingerprint density at radius 3 is 2.60 bits per heavy atom. The summed E-state index contributed by atoms with van der Waals surface area (Å²) in [4.78, 5) is 2.60. The van der Waals surface area contributed by atoms with Crippen molar-refractivity contribution in [3.8, 4) is 5.75 Å². The number of nitrogens with zero attached hydrogens (tertiary/aromatic N) is 3. The van der Waals surface area contributed by atoms with E-state index >= 15 is 0 Å². The molecule has 3 saturated heterocycles. The van der Waals surface area contributed by atoms with Crippen LogP contribution in [-0.2, 0) is 16.6 Å². The van der Waals surface area contributed by atoms with Crippen molar-refractivity contribution >= 4 is 22.6 Å². The van der Waals surface area contributed by atoms with Gasteiger partial charge in [-0.1, -0.05) is 12.5 Å². The minimum Gasteiger partial charge on any atom is -0.497 e. The zero-order chi connectivity index (χ0) is 20.0. The number of benzene rings is 1. The van der Waals surface area contributed by atoms with Crippen LogP contribution in [0, 0.1) is 5.92 Å². The van der Waals surface area contributed by atoms with E-state index in [1.807, 2.05) is 4.31 Å². The van der Waals surface area contributed by atoms with Gasteiger partial charge in [-0.15, -0.1) is 12.4 Å². The Bertz CT molecular complexity index is 859. The Morgan fingerprint density at radius 1 is 1.03 bits per heavy atom. The van der Waals surface area contributed by atoms with E-state index < -0.39 is 10.2 Å². The van der Waals surface area contributed by atoms with Gasteiger partial charge in [0.05, 0.1) is 7.11 Å². The molecule has 1 aromatic carbocycles. The number of hydrogen-bond acceptors (Lipinski definition) is 4. The van der Waals surface area contributed by atoms with Crippen molar-refractivity contribution in [3.05, 3.63) is 29.3 Å². The smallest absolute Gasteiger partial charge is 0.282 e. The van der Waals surface area contributed by atoms with Gasteiger partial charge >= 0.3 is 0 Å². The minimum atomic E-state index is -3.35. The molecule has 0 amide bonds. The Labute approximate surface area is 187 Å². The molecule has 30 heavy (non-hydrogen) atoms. The Balaban J connectivity index is 0.00000218. The fraction of sp³-hybridized carbons (Fsp3) is 0.727. The lowest BCUT2D eigenvalue weighted by atomic mass is 9.77. The standard InChI is InChI=1S/C22H33N3O3S.ClH/c1-28-19-7-8-20-17(14-19)9-13-23-16-18-6-5-12-25(21(18)15-22(20)23)29(26,27)24-10-3-2-4-11-24;/h7-8,14,18,21-22H,2-6,9-13,15-16H2,1H3;1H/t18-,21+,22+;/m1./s1. The molecule has 0 radical (unpaired) electrons. The zero-order valence-corrected chi connectivity index (χ0v) is 19.5. The van der Waals surface area contributed by atoms with Crippen molar-refractivity contribution < 1.29 is 13.2 Å². The Morgan fingerprint density at radius 2 is 1.83 bits per heavy atom. The van der Waals surface area contributed by atoms with Crippen molar-refractivity contribution in [3.63, 3.8) is 0 Å². The average Bonchev–Trinajstić information content (AvgIpc) is 2.77. The number of methoxy groups -OCH3 is 1. The number of halogens is 1. The van der Waals surface area contributed by atoms with Crippen molar-refractivity contribution in [2.45, 2.75) is 57.0 Å². The molecule has 6 nitrogen and oxygen atoms in total. The van der Waals surface area contributed by atoms with E-state index in [0.29, 0.717) is 31.6 Å². The van der Waals surface area contributed by atoms with Crippen LogP contribution in [0.2, 0.25) is 0 Å². The van der Waals surface area contributed by atoms with Crippen LogP contribution >= 0.6 is 12.4 Å². The third-order valence-electron chi connectivity index (χ3n) is 7.56. The second kappa shape index (κ2) is 8.94. The summed E-state index contributed by atoms with van der Waals surface area (Å²) in [7, 11) is -1.64. The van der Waals surface area contributed by atoms with Crippen LogP contribution in [0.3, 0.4) is 0 Å². The summed E-state index contributed by atoms with van der Waals surface area (Å²) >= 11 is 0. The maximum Gasteiger partial charge on any atom is 0.282 e. The molecule has 0 unspecified atom stereocenters. The summed E-state index contributed by atoms with van der Waals surface area (Å²) in [5.41, 5.74) is 2.74. The first-order chi connectivity index (χ1) is 14.1. The highest BCUT2D eigenvalue weighted by atomic mass is 35.5. The molecule has 3 atom stereocenters. The third kappa shape index (κ3) is 3.88. The van der Waals surface area contributed by atoms with Gasteiger partial charge in [-0.25, -0.2) is 0 Å². The van der Waals surface area contributed by atoms with Crippen molar-refractivity contribution in [2.75, 3.05) is 39.8 Å². The van der Waals surface area contributed by atoms with Crippen LogP contribution in [0.1, 0.15) is 55.7 Å². The lowest BCUT2D eigenvalue weighted by Gasteiger charge is -2.52. The summed E-state index contributed by atoms with van der Waals surface area (Å²) in [6, 6.07) is 6.88. The molecule has 0 spiro atoms. The lowest BCUT2D eigenvalue weighted by Crippen LogP contribution is -2.60. The van der Waals surface area contributed by atoms with Crippen molar-refractivity contribution in [2.24, 2.45) is 5.92 Å². The second-order valence-corrected chi connectivity index (χ2v) is 11.0. The Hall–Kier alpha value is -0.860. The van der Waals surface area contributed by atoms with Gasteiger partial charge in [0.1, 0.15) is 5.75 Å². The van der Waals surface area contributed by atoms with E-state index in [0.717, 1.165) is 63.8 Å². The predicted octanol–water partition coefficient (Wildman–Crippen LogP) is 3.23. The topological polar surface area (TPSA) is 53.1 Å². The zero-order valence-electron chi connectivity index (χ0n) is 17.8. The largest absolute Gasteiger partial charge is 0.497 e. The highest BCUT2D eigenvalue weighted by Gasteiger charge is 2.47. The van der Waals surface area contributed by atoms with Gasteiger partial charge in [0, 0.05) is 44.8 Å². The molecular weight excluding hydrogens is 422 g/mol. The van der Waals surface area contributed by atoms with Crippen molar-refractivity contribution in [1.29, 1.82) is 0 Å². The van der Waals surface area contributed by atoms with Crippen LogP contribution in [0.15, 0.2) is 18.2 Å². The van der Waals surface area contributed by atoms with E-state index in [1.165, 1.54) is 11.1 Å². The van der Waals surface area contributed by atoms with E-state index in [2.05, 4.69) is 23.1 Å². The molecule has 0 N–H and O–H groups in total. The third-order valence-corrected chi connectivity index (χ3v) is 9.62. The molecule has 0 aliphatic carbocycles. The number of hydrogen-bond donors (Lipinski definition) is 0. The SMILES string of the molecule is COc1ccc2c(c1)CCN1C[C@H]3CCCN(S(=O)(=O)N4CCCCC4)[C@H]3C[C@@H]21.Cl. The summed E-state index contributed by atoms with van der Waals surface area (Å²) in [5, 5.41) is 0. The summed E-state index contributed by atoms with van der Waals surface area (Å²) in [5.74, 6) is 1.37. The maximum absolute atomic E-state index is 13.5. The quantitative estimate of drug-likeness (QED) is 0.702. The van der Waals surface area contributed by atoms with Crippen molar-refractivity contribution in [1.82, 2.24) is 13.5 Å². The van der Waals surface area contributed by atoms with Crippen LogP contribution in [0.25, 0.3) is 0 Å². The maximum atomic E-state index is 13.5. The van der Waals surface area contributed by atoms with Gasteiger partial charge in [0.2, 0.25) is 0 Å². The van der Waals surface area contributed by atoms with E-state index in [-0.39, 0.29) is 18.4 Å². The highest BCUT2D eigenvalue weighted by Crippen LogP contribution is 2.44. The number of fused-ring (bicyclic) bond motifs is 4. The molecule has 0 aromatic heterocycles. The number of rotatable bonds is 3. The molecule has 4 aliphatic rings. The first-order valence-corrected chi connectivity index (χ1v) is 12.7. The van der Waals surface area contributed by atoms with Crippen LogP contribution in [0.5, 0.6) is 5.75 Å². The molecule has 0 bridgehead atoms. The predicted molar refractivity (Wildman–Crippen MR) is 120 cm³/mol. The van der Waals surface area contributed by atoms with E-state index in [9.17, 15) is 8.42 Å². The molecule has 5 rings (SSSR count). The summed E-state index contributed by atoms with van der Waals surface area (Å²) in [6.07, 6.45) is 7.23. The molecule has 8 heteroatoms. The summed E-state index contributed by atoms with van der Waals surface area (Å²) in [6.45, 7) is 4.14. The minimum absolute atomic E-state index is 0. The molecule has 3 fully saturated rings. The first-order valence-electron chi connectivity index (χ1n) is 11.3. The van der Waals surface area contributed by atoms with E-state index in [1.54, 1.807) is 11.4 Å². The second-order valence-electron chi connectivity index (χ2n) is 9.11. The Kier molecular flexibility index (Phi) is 6.66.